The van der Waals surface area contributed by atoms with Crippen LogP contribution in [0.2, 0.25) is 0 Å². The number of carboxylic acid groups (broad SMARTS) is 1. The minimum Gasteiger partial charge on any atom is -0.479 e. The molecule has 1 aliphatic heterocycles. The molecule has 0 radical (unpaired) electrons. The maximum atomic E-state index is 12.7. The Balaban J connectivity index is 2.00. The summed E-state index contributed by atoms with van der Waals surface area (Å²) in [6, 6.07) is 6.34. The van der Waals surface area contributed by atoms with Gasteiger partial charge < -0.3 is 14.4 Å². The topological polar surface area (TPSA) is 83.6 Å². The highest BCUT2D eigenvalue weighted by molar-refractivity contribution is 5.96. The molecule has 0 spiro atoms. The van der Waals surface area contributed by atoms with Crippen LogP contribution in [0.5, 0.6) is 0 Å². The van der Waals surface area contributed by atoms with Crippen LogP contribution in [0.1, 0.15) is 40.3 Å². The van der Waals surface area contributed by atoms with E-state index < -0.39 is 17.9 Å². The van der Waals surface area contributed by atoms with E-state index in [4.69, 9.17) is 4.42 Å². The molecule has 3 rings (SSSR count). The molecule has 1 aromatic heterocycles. The number of carboxylic acids is 1. The van der Waals surface area contributed by atoms with Crippen molar-refractivity contribution < 1.29 is 19.1 Å². The molecular formula is C16H16N2O4. The van der Waals surface area contributed by atoms with Crippen LogP contribution in [0.25, 0.3) is 0 Å². The summed E-state index contributed by atoms with van der Waals surface area (Å²) in [5.74, 6) is -0.956. The number of carbonyl (C=O) groups is 2. The molecule has 0 bridgehead atoms. The fraction of sp³-hybridized carbons (Fsp3) is 0.312. The largest absolute Gasteiger partial charge is 0.479 e. The lowest BCUT2D eigenvalue weighted by Crippen LogP contribution is -2.43. The summed E-state index contributed by atoms with van der Waals surface area (Å²) in [6.45, 7) is 2.21. The van der Waals surface area contributed by atoms with Crippen molar-refractivity contribution in [3.8, 4) is 0 Å². The van der Waals surface area contributed by atoms with Crippen molar-refractivity contribution in [1.29, 1.82) is 0 Å². The van der Waals surface area contributed by atoms with E-state index in [9.17, 15) is 14.7 Å². The van der Waals surface area contributed by atoms with E-state index in [1.165, 1.54) is 11.3 Å². The molecule has 0 fully saturated rings. The van der Waals surface area contributed by atoms with E-state index in [-0.39, 0.29) is 5.69 Å². The van der Waals surface area contributed by atoms with Gasteiger partial charge in [0.05, 0.1) is 0 Å². The normalized spacial score (nSPS) is 17.1. The lowest BCUT2D eigenvalue weighted by molar-refractivity contribution is -0.143. The summed E-state index contributed by atoms with van der Waals surface area (Å²) in [7, 11) is 0. The lowest BCUT2D eigenvalue weighted by atomic mass is 9.92. The van der Waals surface area contributed by atoms with Crippen LogP contribution in [-0.2, 0) is 17.6 Å². The van der Waals surface area contributed by atoms with Gasteiger partial charge in [0.25, 0.3) is 5.91 Å². The first-order valence-corrected chi connectivity index (χ1v) is 7.17. The molecule has 6 nitrogen and oxygen atoms in total. The van der Waals surface area contributed by atoms with Gasteiger partial charge in [0.2, 0.25) is 0 Å². The van der Waals surface area contributed by atoms with E-state index in [1.54, 1.807) is 12.1 Å². The van der Waals surface area contributed by atoms with Crippen molar-refractivity contribution in [3.63, 3.8) is 0 Å². The summed E-state index contributed by atoms with van der Waals surface area (Å²) >= 11 is 0. The van der Waals surface area contributed by atoms with Crippen LogP contribution >= 0.6 is 0 Å². The molecule has 1 aliphatic rings. The number of oxazole rings is 1. The van der Waals surface area contributed by atoms with E-state index in [1.807, 2.05) is 19.1 Å². The van der Waals surface area contributed by atoms with Crippen LogP contribution in [0.3, 0.4) is 0 Å². The molecule has 0 saturated heterocycles. The zero-order chi connectivity index (χ0) is 15.7. The number of benzene rings is 1. The molecule has 2 heterocycles. The number of aliphatic carboxylic acids is 1. The molecule has 0 aliphatic carbocycles. The lowest BCUT2D eigenvalue weighted by Gasteiger charge is -2.34. The Hall–Kier alpha value is -2.63. The van der Waals surface area contributed by atoms with Gasteiger partial charge in [-0.3, -0.25) is 4.79 Å². The van der Waals surface area contributed by atoms with E-state index >= 15 is 0 Å². The number of rotatable bonds is 3. The fourth-order valence-corrected chi connectivity index (χ4v) is 2.88. The van der Waals surface area contributed by atoms with Gasteiger partial charge in [-0.05, 0) is 17.5 Å². The van der Waals surface area contributed by atoms with Crippen molar-refractivity contribution in [1.82, 2.24) is 9.88 Å². The van der Waals surface area contributed by atoms with Gasteiger partial charge in [0, 0.05) is 13.0 Å². The van der Waals surface area contributed by atoms with Crippen LogP contribution in [0, 0.1) is 0 Å². The van der Waals surface area contributed by atoms with Gasteiger partial charge in [-0.1, -0.05) is 31.2 Å². The van der Waals surface area contributed by atoms with Gasteiger partial charge >= 0.3 is 5.97 Å². The molecule has 1 aromatic carbocycles. The van der Waals surface area contributed by atoms with Crippen LogP contribution in [-0.4, -0.2) is 33.4 Å². The van der Waals surface area contributed by atoms with Crippen LogP contribution in [0.15, 0.2) is 35.1 Å². The average molecular weight is 300 g/mol. The number of carbonyl (C=O) groups excluding carboxylic acids is 1. The van der Waals surface area contributed by atoms with Crippen molar-refractivity contribution >= 4 is 11.9 Å². The predicted molar refractivity (Wildman–Crippen MR) is 77.4 cm³/mol. The molecule has 6 heteroatoms. The molecule has 2 aromatic rings. The summed E-state index contributed by atoms with van der Waals surface area (Å²) in [5.41, 5.74) is 1.83. The number of hydrogen-bond donors (Lipinski definition) is 1. The number of fused-ring (bicyclic) bond motifs is 1. The minimum absolute atomic E-state index is 0.202. The van der Waals surface area contributed by atoms with Crippen molar-refractivity contribution in [2.45, 2.75) is 25.8 Å². The highest BCUT2D eigenvalue weighted by atomic mass is 16.4. The average Bonchev–Trinajstić information content (AvgIpc) is 3.01. The predicted octanol–water partition coefficient (Wildman–Crippen LogP) is 2.06. The van der Waals surface area contributed by atoms with E-state index in [0.717, 1.165) is 5.56 Å². The Morgan fingerprint density at radius 1 is 1.41 bits per heavy atom. The standard InChI is InChI=1S/C16H16N2O4/c1-2-12-13(17-9-22-12)15(19)18-8-7-10-5-3-4-6-11(10)14(18)16(20)21/h3-6,9,14H,2,7-8H2,1H3,(H,20,21). The van der Waals surface area contributed by atoms with Gasteiger partial charge in [-0.15, -0.1) is 0 Å². The van der Waals surface area contributed by atoms with Crippen molar-refractivity contribution in [2.24, 2.45) is 0 Å². The second-order valence-electron chi connectivity index (χ2n) is 5.17. The highest BCUT2D eigenvalue weighted by Gasteiger charge is 2.37. The van der Waals surface area contributed by atoms with E-state index in [2.05, 4.69) is 4.98 Å². The Bertz CT molecular complexity index is 722. The Labute approximate surface area is 127 Å². The second kappa shape index (κ2) is 5.63. The molecule has 1 atom stereocenters. The third kappa shape index (κ3) is 2.26. The molecule has 0 saturated carbocycles. The number of amides is 1. The molecule has 1 amide bonds. The monoisotopic (exact) mass is 300 g/mol. The summed E-state index contributed by atoms with van der Waals surface area (Å²) in [5, 5.41) is 9.59. The van der Waals surface area contributed by atoms with Gasteiger partial charge in [0.15, 0.2) is 18.1 Å². The number of hydrogen-bond acceptors (Lipinski definition) is 4. The van der Waals surface area contributed by atoms with Crippen LogP contribution < -0.4 is 0 Å². The smallest absolute Gasteiger partial charge is 0.331 e. The third-order valence-electron chi connectivity index (χ3n) is 3.94. The fourth-order valence-electron chi connectivity index (χ4n) is 2.88. The van der Waals surface area contributed by atoms with Gasteiger partial charge in [-0.2, -0.15) is 0 Å². The Morgan fingerprint density at radius 3 is 2.91 bits per heavy atom. The quantitative estimate of drug-likeness (QED) is 0.938. The summed E-state index contributed by atoms with van der Waals surface area (Å²) < 4.78 is 5.18. The Kier molecular flexibility index (Phi) is 3.66. The zero-order valence-corrected chi connectivity index (χ0v) is 12.2. The van der Waals surface area contributed by atoms with E-state index in [0.29, 0.717) is 30.7 Å². The first-order chi connectivity index (χ1) is 10.6. The first-order valence-electron chi connectivity index (χ1n) is 7.17. The maximum absolute atomic E-state index is 12.7. The maximum Gasteiger partial charge on any atom is 0.331 e. The number of nitrogens with zero attached hydrogens (tertiary/aromatic N) is 2. The third-order valence-corrected chi connectivity index (χ3v) is 3.94. The summed E-state index contributed by atoms with van der Waals surface area (Å²) in [6.07, 6.45) is 2.38. The van der Waals surface area contributed by atoms with Crippen LogP contribution in [0.4, 0.5) is 0 Å². The molecule has 114 valence electrons. The Morgan fingerprint density at radius 2 is 2.18 bits per heavy atom. The second-order valence-corrected chi connectivity index (χ2v) is 5.17. The first kappa shape index (κ1) is 14.3. The number of aryl methyl sites for hydroxylation is 1. The molecular weight excluding hydrogens is 284 g/mol. The zero-order valence-electron chi connectivity index (χ0n) is 12.2. The highest BCUT2D eigenvalue weighted by Crippen LogP contribution is 2.31. The molecule has 22 heavy (non-hydrogen) atoms. The molecule has 1 unspecified atom stereocenters. The minimum atomic E-state index is -1.04. The van der Waals surface area contributed by atoms with Gasteiger partial charge in [-0.25, -0.2) is 9.78 Å². The SMILES string of the molecule is CCc1ocnc1C(=O)N1CCc2ccccc2C1C(=O)O. The summed E-state index contributed by atoms with van der Waals surface area (Å²) in [4.78, 5) is 29.7. The van der Waals surface area contributed by atoms with Crippen molar-refractivity contribution in [2.75, 3.05) is 6.54 Å². The molecule has 1 N–H and O–H groups in total. The number of aromatic nitrogens is 1. The van der Waals surface area contributed by atoms with Gasteiger partial charge in [0.1, 0.15) is 5.76 Å². The van der Waals surface area contributed by atoms with Crippen molar-refractivity contribution in [3.05, 3.63) is 53.2 Å².